The Kier molecular flexibility index (Phi) is 3.33. The number of aryl methyl sites for hydroxylation is 1. The van der Waals surface area contributed by atoms with Crippen LogP contribution in [0.2, 0.25) is 0 Å². The molecule has 0 saturated heterocycles. The Labute approximate surface area is 89.7 Å². The molecule has 0 fully saturated rings. The summed E-state index contributed by atoms with van der Waals surface area (Å²) >= 11 is 8.96. The molecule has 0 heterocycles. The number of carboxylic acids is 1. The van der Waals surface area contributed by atoms with Gasteiger partial charge in [0.15, 0.2) is 5.38 Å². The lowest BCUT2D eigenvalue weighted by Crippen LogP contribution is -2.06. The van der Waals surface area contributed by atoms with Gasteiger partial charge in [-0.25, -0.2) is 0 Å². The zero-order valence-electron chi connectivity index (χ0n) is 6.92. The number of benzene rings is 1. The molecule has 2 nitrogen and oxygen atoms in total. The molecule has 1 N–H and O–H groups in total. The molecular formula is C9H8BrClO2. The number of rotatable bonds is 2. The van der Waals surface area contributed by atoms with E-state index in [-0.39, 0.29) is 0 Å². The maximum absolute atomic E-state index is 10.6. The summed E-state index contributed by atoms with van der Waals surface area (Å²) < 4.78 is 0.833. The van der Waals surface area contributed by atoms with Gasteiger partial charge in [-0.2, -0.15) is 0 Å². The molecular weight excluding hydrogens is 255 g/mol. The van der Waals surface area contributed by atoms with Gasteiger partial charge in [0.1, 0.15) is 0 Å². The summed E-state index contributed by atoms with van der Waals surface area (Å²) in [5.74, 6) is -1.03. The maximum atomic E-state index is 10.6. The maximum Gasteiger partial charge on any atom is 0.326 e. The lowest BCUT2D eigenvalue weighted by molar-refractivity contribution is -0.136. The van der Waals surface area contributed by atoms with E-state index >= 15 is 0 Å². The van der Waals surface area contributed by atoms with Crippen molar-refractivity contribution in [1.29, 1.82) is 0 Å². The first-order chi connectivity index (χ1) is 6.02. The molecule has 0 aliphatic heterocycles. The number of halogens is 2. The van der Waals surface area contributed by atoms with E-state index in [1.54, 1.807) is 6.07 Å². The quantitative estimate of drug-likeness (QED) is 0.833. The van der Waals surface area contributed by atoms with Gasteiger partial charge in [-0.1, -0.05) is 22.0 Å². The standard InChI is InChI=1S/C9H8BrClO2/c1-5-2-3-6(10)4-7(5)8(11)9(12)13/h2-4,8H,1H3,(H,12,13). The molecule has 0 bridgehead atoms. The van der Waals surface area contributed by atoms with Crippen LogP contribution in [0.4, 0.5) is 0 Å². The minimum Gasteiger partial charge on any atom is -0.480 e. The smallest absolute Gasteiger partial charge is 0.326 e. The highest BCUT2D eigenvalue weighted by molar-refractivity contribution is 9.10. The van der Waals surface area contributed by atoms with Crippen molar-refractivity contribution in [3.8, 4) is 0 Å². The Morgan fingerprint density at radius 3 is 2.77 bits per heavy atom. The number of hydrogen-bond donors (Lipinski definition) is 1. The Morgan fingerprint density at radius 2 is 2.23 bits per heavy atom. The first-order valence-corrected chi connectivity index (χ1v) is 4.88. The first-order valence-electron chi connectivity index (χ1n) is 3.65. The summed E-state index contributed by atoms with van der Waals surface area (Å²) in [5, 5.41) is 7.73. The van der Waals surface area contributed by atoms with Gasteiger partial charge in [-0.15, -0.1) is 11.6 Å². The van der Waals surface area contributed by atoms with Crippen LogP contribution in [-0.4, -0.2) is 11.1 Å². The molecule has 1 atom stereocenters. The summed E-state index contributed by atoms with van der Waals surface area (Å²) in [6.45, 7) is 1.83. The molecule has 1 aromatic rings. The molecule has 0 amide bonds. The normalized spacial score (nSPS) is 12.5. The van der Waals surface area contributed by atoms with Crippen molar-refractivity contribution in [3.05, 3.63) is 33.8 Å². The molecule has 0 aliphatic rings. The predicted molar refractivity (Wildman–Crippen MR) is 55.1 cm³/mol. The van der Waals surface area contributed by atoms with E-state index in [2.05, 4.69) is 15.9 Å². The average molecular weight is 264 g/mol. The van der Waals surface area contributed by atoms with Crippen molar-refractivity contribution < 1.29 is 9.90 Å². The zero-order chi connectivity index (χ0) is 10.0. The molecule has 0 spiro atoms. The molecule has 70 valence electrons. The number of carbonyl (C=O) groups is 1. The van der Waals surface area contributed by atoms with E-state index in [4.69, 9.17) is 16.7 Å². The van der Waals surface area contributed by atoms with E-state index in [0.29, 0.717) is 5.56 Å². The Balaban J connectivity index is 3.12. The van der Waals surface area contributed by atoms with Crippen LogP contribution in [0.15, 0.2) is 22.7 Å². The number of carboxylic acid groups (broad SMARTS) is 1. The van der Waals surface area contributed by atoms with Crippen molar-refractivity contribution in [1.82, 2.24) is 0 Å². The average Bonchev–Trinajstić information content (AvgIpc) is 2.08. The SMILES string of the molecule is Cc1ccc(Br)cc1C(Cl)C(=O)O. The van der Waals surface area contributed by atoms with E-state index in [1.807, 2.05) is 19.1 Å². The molecule has 0 radical (unpaired) electrons. The minimum atomic E-state index is -1.03. The zero-order valence-corrected chi connectivity index (χ0v) is 9.26. The summed E-state index contributed by atoms with van der Waals surface area (Å²) in [4.78, 5) is 10.6. The lowest BCUT2D eigenvalue weighted by atomic mass is 10.1. The first kappa shape index (κ1) is 10.5. The van der Waals surface area contributed by atoms with Gasteiger partial charge in [-0.3, -0.25) is 4.79 Å². The van der Waals surface area contributed by atoms with Crippen LogP contribution in [0, 0.1) is 6.92 Å². The molecule has 1 aromatic carbocycles. The van der Waals surface area contributed by atoms with E-state index in [1.165, 1.54) is 0 Å². The van der Waals surface area contributed by atoms with Crippen LogP contribution < -0.4 is 0 Å². The largest absolute Gasteiger partial charge is 0.480 e. The minimum absolute atomic E-state index is 0.628. The molecule has 13 heavy (non-hydrogen) atoms. The topological polar surface area (TPSA) is 37.3 Å². The second-order valence-corrected chi connectivity index (χ2v) is 4.05. The van der Waals surface area contributed by atoms with Crippen molar-refractivity contribution in [3.63, 3.8) is 0 Å². The van der Waals surface area contributed by atoms with Crippen molar-refractivity contribution in [2.24, 2.45) is 0 Å². The van der Waals surface area contributed by atoms with Crippen LogP contribution >= 0.6 is 27.5 Å². The van der Waals surface area contributed by atoms with Gasteiger partial charge >= 0.3 is 5.97 Å². The van der Waals surface area contributed by atoms with Gasteiger partial charge < -0.3 is 5.11 Å². The molecule has 4 heteroatoms. The van der Waals surface area contributed by atoms with Gasteiger partial charge in [0.2, 0.25) is 0 Å². The molecule has 0 saturated carbocycles. The van der Waals surface area contributed by atoms with E-state index in [9.17, 15) is 4.79 Å². The van der Waals surface area contributed by atoms with Crippen molar-refractivity contribution in [2.45, 2.75) is 12.3 Å². The number of alkyl halides is 1. The third-order valence-corrected chi connectivity index (χ3v) is 2.65. The van der Waals surface area contributed by atoms with Crippen LogP contribution in [0.3, 0.4) is 0 Å². The van der Waals surface area contributed by atoms with Gasteiger partial charge in [0.25, 0.3) is 0 Å². The third-order valence-electron chi connectivity index (χ3n) is 1.73. The Hall–Kier alpha value is -0.540. The Bertz CT molecular complexity index is 338. The van der Waals surface area contributed by atoms with Gasteiger partial charge in [0.05, 0.1) is 0 Å². The van der Waals surface area contributed by atoms with Crippen LogP contribution in [0.1, 0.15) is 16.5 Å². The highest BCUT2D eigenvalue weighted by atomic mass is 79.9. The van der Waals surface area contributed by atoms with E-state index in [0.717, 1.165) is 10.0 Å². The monoisotopic (exact) mass is 262 g/mol. The highest BCUT2D eigenvalue weighted by Gasteiger charge is 2.18. The van der Waals surface area contributed by atoms with Crippen molar-refractivity contribution in [2.75, 3.05) is 0 Å². The number of aliphatic carboxylic acids is 1. The summed E-state index contributed by atoms with van der Waals surface area (Å²) in [6, 6.07) is 5.41. The van der Waals surface area contributed by atoms with Gasteiger partial charge in [0, 0.05) is 4.47 Å². The third kappa shape index (κ3) is 2.45. The van der Waals surface area contributed by atoms with Crippen LogP contribution in [0.25, 0.3) is 0 Å². The highest BCUT2D eigenvalue weighted by Crippen LogP contribution is 2.26. The second kappa shape index (κ2) is 4.11. The molecule has 0 aliphatic carbocycles. The fraction of sp³-hybridized carbons (Fsp3) is 0.222. The lowest BCUT2D eigenvalue weighted by Gasteiger charge is -2.08. The Morgan fingerprint density at radius 1 is 1.62 bits per heavy atom. The summed E-state index contributed by atoms with van der Waals surface area (Å²) in [6.07, 6.45) is 0. The molecule has 0 aromatic heterocycles. The summed E-state index contributed by atoms with van der Waals surface area (Å²) in [7, 11) is 0. The van der Waals surface area contributed by atoms with Crippen molar-refractivity contribution >= 4 is 33.5 Å². The van der Waals surface area contributed by atoms with Gasteiger partial charge in [-0.05, 0) is 30.2 Å². The predicted octanol–water partition coefficient (Wildman–Crippen LogP) is 3.12. The second-order valence-electron chi connectivity index (χ2n) is 2.70. The molecule has 1 rings (SSSR count). The van der Waals surface area contributed by atoms with Crippen LogP contribution in [-0.2, 0) is 4.79 Å². The number of hydrogen-bond acceptors (Lipinski definition) is 1. The van der Waals surface area contributed by atoms with E-state index < -0.39 is 11.3 Å². The van der Waals surface area contributed by atoms with Crippen LogP contribution in [0.5, 0.6) is 0 Å². The summed E-state index contributed by atoms with van der Waals surface area (Å²) in [5.41, 5.74) is 1.51. The fourth-order valence-electron chi connectivity index (χ4n) is 1.02. The molecule has 1 unspecified atom stereocenters. The fourth-order valence-corrected chi connectivity index (χ4v) is 1.63.